The van der Waals surface area contributed by atoms with Crippen LogP contribution in [0, 0.1) is 12.7 Å². The highest BCUT2D eigenvalue weighted by molar-refractivity contribution is 5.85. The van der Waals surface area contributed by atoms with Crippen LogP contribution in [-0.4, -0.2) is 42.2 Å². The van der Waals surface area contributed by atoms with Gasteiger partial charge in [-0.25, -0.2) is 18.0 Å². The number of likely N-dealkylation sites (tertiary alicyclic amines) is 1. The summed E-state index contributed by atoms with van der Waals surface area (Å²) in [7, 11) is 0. The van der Waals surface area contributed by atoms with Crippen molar-refractivity contribution in [2.24, 2.45) is 0 Å². The second-order valence-electron chi connectivity index (χ2n) is 5.79. The average Bonchev–Trinajstić information content (AvgIpc) is 2.69. The van der Waals surface area contributed by atoms with Crippen LogP contribution in [-0.2, 0) is 4.74 Å². The quantitative estimate of drug-likeness (QED) is 0.929. The van der Waals surface area contributed by atoms with Gasteiger partial charge in [-0.3, -0.25) is 10.2 Å². The Morgan fingerprint density at radius 3 is 2.68 bits per heavy atom. The SMILES string of the molecule is Cc1ccc(NC(=O)O[C@H]2CN(C(C)C)CC2(F)F)c(F)c1. The molecule has 1 saturated heterocycles. The van der Waals surface area contributed by atoms with E-state index in [0.717, 1.165) is 0 Å². The first kappa shape index (κ1) is 16.6. The van der Waals surface area contributed by atoms with Gasteiger partial charge in [-0.1, -0.05) is 6.07 Å². The summed E-state index contributed by atoms with van der Waals surface area (Å²) in [5, 5.41) is 2.16. The van der Waals surface area contributed by atoms with Crippen molar-refractivity contribution in [3.05, 3.63) is 29.6 Å². The summed E-state index contributed by atoms with van der Waals surface area (Å²) in [4.78, 5) is 13.3. The van der Waals surface area contributed by atoms with E-state index in [2.05, 4.69) is 5.32 Å². The number of ether oxygens (including phenoxy) is 1. The molecule has 1 aromatic rings. The standard InChI is InChI=1S/C15H19F3N2O2/c1-9(2)20-7-13(15(17,18)8-20)22-14(21)19-12-5-4-10(3)6-11(12)16/h4-6,9,13H,7-8H2,1-3H3,(H,19,21)/t13-/m0/s1. The minimum absolute atomic E-state index is 0.0472. The molecule has 0 bridgehead atoms. The van der Waals surface area contributed by atoms with Crippen LogP contribution in [0.3, 0.4) is 0 Å². The van der Waals surface area contributed by atoms with E-state index in [0.29, 0.717) is 5.56 Å². The molecule has 0 unspecified atom stereocenters. The number of benzene rings is 1. The molecule has 22 heavy (non-hydrogen) atoms. The van der Waals surface area contributed by atoms with Gasteiger partial charge in [0, 0.05) is 12.6 Å². The average molecular weight is 316 g/mol. The summed E-state index contributed by atoms with van der Waals surface area (Å²) in [5.41, 5.74) is 0.587. The third kappa shape index (κ3) is 3.71. The minimum Gasteiger partial charge on any atom is -0.438 e. The smallest absolute Gasteiger partial charge is 0.412 e. The molecule has 4 nitrogen and oxygen atoms in total. The van der Waals surface area contributed by atoms with E-state index in [1.54, 1.807) is 26.8 Å². The third-order valence-electron chi connectivity index (χ3n) is 3.63. The van der Waals surface area contributed by atoms with Crippen LogP contribution in [0.25, 0.3) is 0 Å². The zero-order valence-corrected chi connectivity index (χ0v) is 12.7. The first-order valence-corrected chi connectivity index (χ1v) is 7.04. The molecule has 1 aliphatic rings. The molecule has 0 aliphatic carbocycles. The van der Waals surface area contributed by atoms with Crippen LogP contribution < -0.4 is 5.32 Å². The van der Waals surface area contributed by atoms with Crippen LogP contribution >= 0.6 is 0 Å². The summed E-state index contributed by atoms with van der Waals surface area (Å²) in [6.45, 7) is 4.78. The van der Waals surface area contributed by atoms with Gasteiger partial charge in [-0.15, -0.1) is 0 Å². The summed E-state index contributed by atoms with van der Waals surface area (Å²) in [6, 6.07) is 4.13. The van der Waals surface area contributed by atoms with Crippen molar-refractivity contribution in [1.29, 1.82) is 0 Å². The molecular formula is C15H19F3N2O2. The van der Waals surface area contributed by atoms with Crippen molar-refractivity contribution in [2.45, 2.75) is 38.8 Å². The minimum atomic E-state index is -3.12. The molecule has 0 saturated carbocycles. The van der Waals surface area contributed by atoms with E-state index in [1.165, 1.54) is 17.0 Å². The number of hydrogen-bond acceptors (Lipinski definition) is 3. The Kier molecular flexibility index (Phi) is 4.65. The Morgan fingerprint density at radius 1 is 1.45 bits per heavy atom. The molecule has 122 valence electrons. The lowest BCUT2D eigenvalue weighted by atomic mass is 10.2. The highest BCUT2D eigenvalue weighted by Gasteiger charge is 2.51. The number of amides is 1. The summed E-state index contributed by atoms with van der Waals surface area (Å²) in [5.74, 6) is -3.76. The summed E-state index contributed by atoms with van der Waals surface area (Å²) in [6.07, 6.45) is -2.62. The first-order chi connectivity index (χ1) is 10.2. The molecule has 1 aliphatic heterocycles. The fraction of sp³-hybridized carbons (Fsp3) is 0.533. The van der Waals surface area contributed by atoms with Gasteiger partial charge in [-0.05, 0) is 38.5 Å². The fourth-order valence-electron chi connectivity index (χ4n) is 2.29. The number of carbonyl (C=O) groups is 1. The maximum atomic E-state index is 13.8. The van der Waals surface area contributed by atoms with Crippen molar-refractivity contribution >= 4 is 11.8 Å². The van der Waals surface area contributed by atoms with Gasteiger partial charge in [0.15, 0.2) is 6.10 Å². The van der Waals surface area contributed by atoms with E-state index in [-0.39, 0.29) is 18.3 Å². The van der Waals surface area contributed by atoms with Gasteiger partial charge in [0.25, 0.3) is 5.92 Å². The summed E-state index contributed by atoms with van der Waals surface area (Å²) >= 11 is 0. The molecule has 7 heteroatoms. The molecule has 0 aromatic heterocycles. The molecule has 1 heterocycles. The van der Waals surface area contributed by atoms with E-state index >= 15 is 0 Å². The van der Waals surface area contributed by atoms with Crippen LogP contribution in [0.5, 0.6) is 0 Å². The number of halogens is 3. The van der Waals surface area contributed by atoms with Crippen LogP contribution in [0.15, 0.2) is 18.2 Å². The largest absolute Gasteiger partial charge is 0.438 e. The van der Waals surface area contributed by atoms with Gasteiger partial charge in [0.2, 0.25) is 0 Å². The lowest BCUT2D eigenvalue weighted by Gasteiger charge is -2.19. The number of rotatable bonds is 3. The number of nitrogens with one attached hydrogen (secondary N) is 1. The molecule has 1 N–H and O–H groups in total. The second-order valence-corrected chi connectivity index (χ2v) is 5.79. The second kappa shape index (κ2) is 6.16. The fourth-order valence-corrected chi connectivity index (χ4v) is 2.29. The van der Waals surface area contributed by atoms with Crippen molar-refractivity contribution in [2.75, 3.05) is 18.4 Å². The number of alkyl halides is 2. The number of nitrogens with zero attached hydrogens (tertiary/aromatic N) is 1. The zero-order chi connectivity index (χ0) is 16.5. The molecular weight excluding hydrogens is 297 g/mol. The molecule has 1 atom stereocenters. The van der Waals surface area contributed by atoms with Crippen molar-refractivity contribution in [1.82, 2.24) is 4.90 Å². The molecule has 0 radical (unpaired) electrons. The maximum Gasteiger partial charge on any atom is 0.412 e. The maximum absolute atomic E-state index is 13.8. The van der Waals surface area contributed by atoms with Gasteiger partial charge in [0.05, 0.1) is 12.2 Å². The van der Waals surface area contributed by atoms with Crippen molar-refractivity contribution in [3.8, 4) is 0 Å². The highest BCUT2D eigenvalue weighted by Crippen LogP contribution is 2.31. The van der Waals surface area contributed by atoms with Gasteiger partial charge in [-0.2, -0.15) is 0 Å². The predicted molar refractivity (Wildman–Crippen MR) is 76.7 cm³/mol. The van der Waals surface area contributed by atoms with Crippen LogP contribution in [0.4, 0.5) is 23.7 Å². The van der Waals surface area contributed by atoms with Crippen LogP contribution in [0.2, 0.25) is 0 Å². The highest BCUT2D eigenvalue weighted by atomic mass is 19.3. The molecule has 0 spiro atoms. The summed E-state index contributed by atoms with van der Waals surface area (Å²) < 4.78 is 46.1. The molecule has 2 rings (SSSR count). The lowest BCUT2D eigenvalue weighted by molar-refractivity contribution is -0.0755. The van der Waals surface area contributed by atoms with Gasteiger partial charge < -0.3 is 4.74 Å². The Labute approximate surface area is 127 Å². The molecule has 1 fully saturated rings. The number of hydrogen-bond donors (Lipinski definition) is 1. The molecule has 1 amide bonds. The zero-order valence-electron chi connectivity index (χ0n) is 12.7. The normalized spacial score (nSPS) is 21.1. The predicted octanol–water partition coefficient (Wildman–Crippen LogP) is 3.41. The number of carbonyl (C=O) groups excluding carboxylic acids is 1. The van der Waals surface area contributed by atoms with Gasteiger partial charge >= 0.3 is 6.09 Å². The van der Waals surface area contributed by atoms with E-state index in [9.17, 15) is 18.0 Å². The Balaban J connectivity index is 2.00. The Morgan fingerprint density at radius 2 is 2.14 bits per heavy atom. The van der Waals surface area contributed by atoms with E-state index < -0.39 is 30.5 Å². The Bertz CT molecular complexity index is 564. The number of anilines is 1. The monoisotopic (exact) mass is 316 g/mol. The third-order valence-corrected chi connectivity index (χ3v) is 3.63. The molecule has 1 aromatic carbocycles. The lowest BCUT2D eigenvalue weighted by Crippen LogP contribution is -2.37. The van der Waals surface area contributed by atoms with Crippen molar-refractivity contribution < 1.29 is 22.7 Å². The van der Waals surface area contributed by atoms with Crippen LogP contribution in [0.1, 0.15) is 19.4 Å². The first-order valence-electron chi connectivity index (χ1n) is 7.04. The van der Waals surface area contributed by atoms with Gasteiger partial charge in [0.1, 0.15) is 5.82 Å². The number of aryl methyl sites for hydroxylation is 1. The van der Waals surface area contributed by atoms with E-state index in [1.807, 2.05) is 0 Å². The Hall–Kier alpha value is -1.76. The topological polar surface area (TPSA) is 41.6 Å². The van der Waals surface area contributed by atoms with Crippen molar-refractivity contribution in [3.63, 3.8) is 0 Å². The van der Waals surface area contributed by atoms with E-state index in [4.69, 9.17) is 4.74 Å².